The summed E-state index contributed by atoms with van der Waals surface area (Å²) >= 11 is 0. The summed E-state index contributed by atoms with van der Waals surface area (Å²) in [5.41, 5.74) is 1.39. The van der Waals surface area contributed by atoms with E-state index in [0.717, 1.165) is 11.5 Å². The number of nitrogens with one attached hydrogen (secondary N) is 1. The second-order valence-electron chi connectivity index (χ2n) is 8.86. The van der Waals surface area contributed by atoms with E-state index in [4.69, 9.17) is 0 Å². The molecule has 0 saturated carbocycles. The topological polar surface area (TPSA) is 68.2 Å². The molecule has 2 N–H and O–H groups in total. The summed E-state index contributed by atoms with van der Waals surface area (Å²) in [7, 11) is 0. The molecule has 0 bridgehead atoms. The first kappa shape index (κ1) is 22.1. The molecule has 0 aromatic heterocycles. The highest BCUT2D eigenvalue weighted by atomic mass is 16.3. The lowest BCUT2D eigenvalue weighted by Crippen LogP contribution is -2.51. The van der Waals surface area contributed by atoms with Crippen LogP contribution in [0.25, 0.3) is 0 Å². The largest absolute Gasteiger partial charge is 0.388 e. The highest BCUT2D eigenvalue weighted by molar-refractivity contribution is 6.04. The van der Waals surface area contributed by atoms with E-state index in [1.165, 1.54) is 5.56 Å². The molecule has 1 unspecified atom stereocenters. The number of carbonyl (C=O) groups excluding carboxylic acids is 1. The summed E-state index contributed by atoms with van der Waals surface area (Å²) in [6.07, 6.45) is 5.59. The Morgan fingerprint density at radius 3 is 2.38 bits per heavy atom. The Morgan fingerprint density at radius 2 is 1.75 bits per heavy atom. The number of carbonyl (C=O) groups is 1. The predicted molar refractivity (Wildman–Crippen MR) is 128 cm³/mol. The Kier molecular flexibility index (Phi) is 6.90. The minimum Gasteiger partial charge on any atom is -0.388 e. The van der Waals surface area contributed by atoms with Crippen LogP contribution in [0.15, 0.2) is 77.9 Å². The molecule has 0 radical (unpaired) electrons. The van der Waals surface area contributed by atoms with Crippen LogP contribution in [0.2, 0.25) is 0 Å². The lowest BCUT2D eigenvalue weighted by molar-refractivity contribution is -0.136. The quantitative estimate of drug-likeness (QED) is 0.728. The maximum Gasteiger partial charge on any atom is 0.223 e. The number of amides is 1. The van der Waals surface area contributed by atoms with E-state index >= 15 is 0 Å². The van der Waals surface area contributed by atoms with Gasteiger partial charge in [0.25, 0.3) is 0 Å². The fourth-order valence-corrected chi connectivity index (χ4v) is 4.30. The van der Waals surface area contributed by atoms with Gasteiger partial charge in [0.05, 0.1) is 5.60 Å². The summed E-state index contributed by atoms with van der Waals surface area (Å²) in [6, 6.07) is 20.1. The normalized spacial score (nSPS) is 18.8. The van der Waals surface area contributed by atoms with Gasteiger partial charge in [-0.2, -0.15) is 0 Å². The first-order chi connectivity index (χ1) is 15.5. The van der Waals surface area contributed by atoms with E-state index in [2.05, 4.69) is 29.4 Å². The summed E-state index contributed by atoms with van der Waals surface area (Å²) in [5.74, 6) is 1.18. The molecule has 1 amide bonds. The maximum absolute atomic E-state index is 12.8. The molecule has 4 rings (SSSR count). The smallest absolute Gasteiger partial charge is 0.223 e. The summed E-state index contributed by atoms with van der Waals surface area (Å²) < 4.78 is 0. The molecule has 2 aliphatic rings. The van der Waals surface area contributed by atoms with E-state index in [9.17, 15) is 9.90 Å². The second kappa shape index (κ2) is 10.0. The van der Waals surface area contributed by atoms with Gasteiger partial charge in [0.1, 0.15) is 12.5 Å². The molecule has 6 heteroatoms. The number of β-amino-alcohol motifs (C(OH)–C–C–N with tert-alkyl or cyclic N) is 1. The molecule has 2 aromatic rings. The molecule has 1 atom stereocenters. The van der Waals surface area contributed by atoms with E-state index < -0.39 is 5.60 Å². The Bertz CT molecular complexity index is 950. The number of amidine groups is 1. The van der Waals surface area contributed by atoms with Crippen molar-refractivity contribution in [1.82, 2.24) is 9.80 Å². The number of piperidine rings is 1. The van der Waals surface area contributed by atoms with Gasteiger partial charge in [-0.05, 0) is 42.5 Å². The monoisotopic (exact) mass is 432 g/mol. The van der Waals surface area contributed by atoms with Crippen molar-refractivity contribution in [1.29, 1.82) is 0 Å². The Hall–Kier alpha value is -3.12. The van der Waals surface area contributed by atoms with Crippen molar-refractivity contribution in [3.63, 3.8) is 0 Å². The lowest BCUT2D eigenvalue weighted by atomic mass is 9.90. The second-order valence-corrected chi connectivity index (χ2v) is 8.86. The molecular formula is C26H32N4O2. The van der Waals surface area contributed by atoms with Crippen LogP contribution in [0.4, 0.5) is 5.69 Å². The average molecular weight is 433 g/mol. The van der Waals surface area contributed by atoms with E-state index in [-0.39, 0.29) is 11.8 Å². The molecule has 32 heavy (non-hydrogen) atoms. The first-order valence-corrected chi connectivity index (χ1v) is 11.3. The molecule has 2 aliphatic heterocycles. The van der Waals surface area contributed by atoms with Crippen molar-refractivity contribution in [2.45, 2.75) is 37.7 Å². The van der Waals surface area contributed by atoms with Crippen molar-refractivity contribution in [2.75, 3.05) is 31.6 Å². The zero-order chi connectivity index (χ0) is 22.4. The minimum absolute atomic E-state index is 0.169. The van der Waals surface area contributed by atoms with Gasteiger partial charge in [0.2, 0.25) is 5.91 Å². The number of benzene rings is 2. The fourth-order valence-electron chi connectivity index (χ4n) is 4.30. The molecular weight excluding hydrogens is 400 g/mol. The number of rotatable bonds is 6. The molecule has 6 nitrogen and oxygen atoms in total. The van der Waals surface area contributed by atoms with Gasteiger partial charge in [0, 0.05) is 37.9 Å². The lowest BCUT2D eigenvalue weighted by Gasteiger charge is -2.41. The third-order valence-electron chi connectivity index (χ3n) is 6.31. The molecule has 1 fully saturated rings. The van der Waals surface area contributed by atoms with Gasteiger partial charge < -0.3 is 20.2 Å². The van der Waals surface area contributed by atoms with Crippen LogP contribution in [0.1, 0.15) is 37.7 Å². The Morgan fingerprint density at radius 1 is 1.09 bits per heavy atom. The van der Waals surface area contributed by atoms with Gasteiger partial charge in [-0.25, -0.2) is 4.99 Å². The molecule has 0 aliphatic carbocycles. The van der Waals surface area contributed by atoms with Gasteiger partial charge in [-0.1, -0.05) is 55.5 Å². The number of aliphatic imine (C=N–C) groups is 1. The van der Waals surface area contributed by atoms with Gasteiger partial charge in [0.15, 0.2) is 0 Å². The zero-order valence-electron chi connectivity index (χ0n) is 18.7. The number of aliphatic hydroxyl groups is 1. The van der Waals surface area contributed by atoms with Crippen LogP contribution in [0.3, 0.4) is 0 Å². The van der Waals surface area contributed by atoms with E-state index in [1.54, 1.807) is 0 Å². The number of anilines is 1. The number of nitrogens with zero attached hydrogens (tertiary/aromatic N) is 3. The SMILES string of the molecule is CC(CC(=O)N1CCC(O)(CN2C=CC(Nc3ccccc3)=NC2)CC1)c1ccccc1. The van der Waals surface area contributed by atoms with Crippen LogP contribution >= 0.6 is 0 Å². The standard InChI is InChI=1S/C26H32N4O2/c1-21(22-8-4-2-5-9-22)18-25(31)30-16-13-26(32,14-17-30)19-29-15-12-24(27-20-29)28-23-10-6-3-7-11-23/h2-12,15,21,32H,13-14,16-20H2,1H3,(H,27,28). The molecule has 0 spiro atoms. The van der Waals surface area contributed by atoms with Gasteiger partial charge in [-0.3, -0.25) is 4.79 Å². The predicted octanol–water partition coefficient (Wildman–Crippen LogP) is 3.83. The van der Waals surface area contributed by atoms with Crippen LogP contribution in [-0.4, -0.2) is 58.6 Å². The third kappa shape index (κ3) is 5.77. The minimum atomic E-state index is -0.800. The van der Waals surface area contributed by atoms with E-state index in [1.807, 2.05) is 70.6 Å². The summed E-state index contributed by atoms with van der Waals surface area (Å²) in [6.45, 7) is 4.31. The van der Waals surface area contributed by atoms with Crippen molar-refractivity contribution < 1.29 is 9.90 Å². The first-order valence-electron chi connectivity index (χ1n) is 11.3. The maximum atomic E-state index is 12.8. The Balaban J connectivity index is 1.23. The molecule has 2 heterocycles. The molecule has 168 valence electrons. The van der Waals surface area contributed by atoms with Gasteiger partial charge >= 0.3 is 0 Å². The Labute approximate surface area is 190 Å². The van der Waals surface area contributed by atoms with Crippen molar-refractivity contribution in [3.8, 4) is 0 Å². The van der Waals surface area contributed by atoms with Crippen LogP contribution in [0.5, 0.6) is 0 Å². The van der Waals surface area contributed by atoms with Crippen molar-refractivity contribution >= 4 is 17.4 Å². The number of hydrogen-bond acceptors (Lipinski definition) is 5. The number of para-hydroxylation sites is 1. The number of likely N-dealkylation sites (tertiary alicyclic amines) is 1. The highest BCUT2D eigenvalue weighted by Crippen LogP contribution is 2.26. The fraction of sp³-hybridized carbons (Fsp3) is 0.385. The van der Waals surface area contributed by atoms with Crippen LogP contribution < -0.4 is 5.32 Å². The van der Waals surface area contributed by atoms with E-state index in [0.29, 0.717) is 45.6 Å². The number of hydrogen-bond donors (Lipinski definition) is 2. The zero-order valence-corrected chi connectivity index (χ0v) is 18.7. The third-order valence-corrected chi connectivity index (χ3v) is 6.31. The highest BCUT2D eigenvalue weighted by Gasteiger charge is 2.35. The summed E-state index contributed by atoms with van der Waals surface area (Å²) in [4.78, 5) is 21.3. The average Bonchev–Trinajstić information content (AvgIpc) is 2.82. The van der Waals surface area contributed by atoms with Gasteiger partial charge in [-0.15, -0.1) is 0 Å². The summed E-state index contributed by atoms with van der Waals surface area (Å²) in [5, 5.41) is 14.4. The van der Waals surface area contributed by atoms with Crippen molar-refractivity contribution in [2.24, 2.45) is 4.99 Å². The molecule has 1 saturated heterocycles. The molecule has 2 aromatic carbocycles. The van der Waals surface area contributed by atoms with Crippen LogP contribution in [-0.2, 0) is 4.79 Å². The van der Waals surface area contributed by atoms with Crippen molar-refractivity contribution in [3.05, 3.63) is 78.5 Å². The van der Waals surface area contributed by atoms with Crippen LogP contribution in [0, 0.1) is 0 Å².